The molecule has 0 fully saturated rings. The summed E-state index contributed by atoms with van der Waals surface area (Å²) in [6.07, 6.45) is 1.48. The van der Waals surface area contributed by atoms with Crippen LogP contribution in [0.2, 0.25) is 0 Å². The lowest BCUT2D eigenvalue weighted by Gasteiger charge is -2.17. The number of aromatic nitrogens is 1. The highest BCUT2D eigenvalue weighted by Crippen LogP contribution is 2.15. The van der Waals surface area contributed by atoms with Gasteiger partial charge in [0.15, 0.2) is 0 Å². The molecule has 5 nitrogen and oxygen atoms in total. The van der Waals surface area contributed by atoms with Crippen LogP contribution in [0.1, 0.15) is 6.92 Å². The van der Waals surface area contributed by atoms with Crippen LogP contribution < -0.4 is 10.0 Å². The minimum absolute atomic E-state index is 0.0416. The van der Waals surface area contributed by atoms with E-state index < -0.39 is 10.0 Å². The first-order chi connectivity index (χ1) is 6.47. The molecule has 78 valence electrons. The summed E-state index contributed by atoms with van der Waals surface area (Å²) in [7, 11) is -1.79. The fourth-order valence-corrected chi connectivity index (χ4v) is 1.71. The fraction of sp³-hybridized carbons (Fsp3) is 0.375. The highest BCUT2D eigenvalue weighted by atomic mass is 32.2. The van der Waals surface area contributed by atoms with Crippen LogP contribution in [-0.4, -0.2) is 26.2 Å². The molecular formula is C8H13N3O2S. The maximum Gasteiger partial charge on any atom is 0.235 e. The first-order valence-electron chi connectivity index (χ1n) is 4.15. The summed E-state index contributed by atoms with van der Waals surface area (Å²) in [5.41, 5.74) is 6.01. The van der Waals surface area contributed by atoms with Crippen LogP contribution in [0.4, 0.5) is 11.5 Å². The molecule has 14 heavy (non-hydrogen) atoms. The first-order valence-corrected chi connectivity index (χ1v) is 5.76. The number of nitrogens with zero attached hydrogens (tertiary/aromatic N) is 2. The van der Waals surface area contributed by atoms with Crippen LogP contribution in [0.5, 0.6) is 0 Å². The van der Waals surface area contributed by atoms with E-state index in [9.17, 15) is 8.42 Å². The van der Waals surface area contributed by atoms with Crippen molar-refractivity contribution in [3.8, 4) is 0 Å². The summed E-state index contributed by atoms with van der Waals surface area (Å²) in [4.78, 5) is 3.92. The molecule has 1 aromatic heterocycles. The van der Waals surface area contributed by atoms with Gasteiger partial charge in [-0.2, -0.15) is 0 Å². The van der Waals surface area contributed by atoms with Crippen LogP contribution in [0, 0.1) is 0 Å². The Bertz CT molecular complexity index is 416. The quantitative estimate of drug-likeness (QED) is 0.794. The molecule has 1 aromatic rings. The lowest BCUT2D eigenvalue weighted by atomic mass is 10.4. The van der Waals surface area contributed by atoms with Crippen molar-refractivity contribution in [2.75, 3.05) is 22.8 Å². The standard InChI is InChI=1S/C8H13N3O2S/c1-3-14(12,13)11(2)8-6-7(9)4-5-10-8/h4-6H,3H2,1-2H3,(H2,9,10). The lowest BCUT2D eigenvalue weighted by Crippen LogP contribution is -2.28. The number of nitrogens with two attached hydrogens (primary N) is 1. The molecule has 0 amide bonds. The van der Waals surface area contributed by atoms with E-state index >= 15 is 0 Å². The van der Waals surface area contributed by atoms with Gasteiger partial charge in [0, 0.05) is 25.0 Å². The zero-order valence-corrected chi connectivity index (χ0v) is 8.95. The van der Waals surface area contributed by atoms with E-state index in [0.29, 0.717) is 11.5 Å². The van der Waals surface area contributed by atoms with Gasteiger partial charge in [-0.1, -0.05) is 0 Å². The van der Waals surface area contributed by atoms with E-state index in [1.807, 2.05) is 0 Å². The SMILES string of the molecule is CCS(=O)(=O)N(C)c1cc(N)ccn1. The van der Waals surface area contributed by atoms with Gasteiger partial charge in [-0.15, -0.1) is 0 Å². The molecule has 0 unspecified atom stereocenters. The Morgan fingerprint density at radius 1 is 1.57 bits per heavy atom. The van der Waals surface area contributed by atoms with E-state index in [0.717, 1.165) is 4.31 Å². The van der Waals surface area contributed by atoms with Gasteiger partial charge >= 0.3 is 0 Å². The van der Waals surface area contributed by atoms with Gasteiger partial charge in [-0.05, 0) is 13.0 Å². The Balaban J connectivity index is 3.07. The number of hydrogen-bond acceptors (Lipinski definition) is 4. The van der Waals surface area contributed by atoms with Gasteiger partial charge in [0.05, 0.1) is 5.75 Å². The van der Waals surface area contributed by atoms with Crippen LogP contribution in [0.3, 0.4) is 0 Å². The molecule has 0 saturated heterocycles. The third-order valence-electron chi connectivity index (χ3n) is 1.87. The van der Waals surface area contributed by atoms with E-state index in [1.165, 1.54) is 19.3 Å². The topological polar surface area (TPSA) is 76.3 Å². The predicted molar refractivity (Wildman–Crippen MR) is 56.5 cm³/mol. The van der Waals surface area contributed by atoms with Gasteiger partial charge in [-0.25, -0.2) is 13.4 Å². The molecule has 1 heterocycles. The molecule has 0 aliphatic carbocycles. The summed E-state index contributed by atoms with van der Waals surface area (Å²) in [5.74, 6) is 0.381. The van der Waals surface area contributed by atoms with Crippen molar-refractivity contribution in [1.29, 1.82) is 0 Å². The smallest absolute Gasteiger partial charge is 0.235 e. The Kier molecular flexibility index (Phi) is 2.95. The van der Waals surface area contributed by atoms with Crippen molar-refractivity contribution < 1.29 is 8.42 Å². The molecule has 0 aromatic carbocycles. The predicted octanol–water partition coefficient (Wildman–Crippen LogP) is 0.450. The maximum atomic E-state index is 11.5. The van der Waals surface area contributed by atoms with Crippen molar-refractivity contribution in [3.05, 3.63) is 18.3 Å². The van der Waals surface area contributed by atoms with Crippen molar-refractivity contribution in [3.63, 3.8) is 0 Å². The molecule has 6 heteroatoms. The molecule has 2 N–H and O–H groups in total. The minimum atomic E-state index is -3.25. The molecule has 0 saturated carbocycles. The van der Waals surface area contributed by atoms with Crippen molar-refractivity contribution >= 4 is 21.5 Å². The molecule has 0 atom stereocenters. The summed E-state index contributed by atoms with van der Waals surface area (Å²) in [5, 5.41) is 0. The summed E-state index contributed by atoms with van der Waals surface area (Å²) in [6.45, 7) is 1.58. The molecule has 0 spiro atoms. The highest BCUT2D eigenvalue weighted by Gasteiger charge is 2.16. The fourth-order valence-electron chi connectivity index (χ4n) is 0.943. The minimum Gasteiger partial charge on any atom is -0.399 e. The number of sulfonamides is 1. The average Bonchev–Trinajstić information content (AvgIpc) is 2.16. The average molecular weight is 215 g/mol. The van der Waals surface area contributed by atoms with Gasteiger partial charge in [-0.3, -0.25) is 4.31 Å². The largest absolute Gasteiger partial charge is 0.399 e. The molecule has 0 aliphatic rings. The Hall–Kier alpha value is -1.30. The van der Waals surface area contributed by atoms with Gasteiger partial charge in [0.25, 0.3) is 0 Å². The van der Waals surface area contributed by atoms with Crippen LogP contribution in [0.25, 0.3) is 0 Å². The Labute approximate surface area is 83.6 Å². The van der Waals surface area contributed by atoms with E-state index in [4.69, 9.17) is 5.73 Å². The van der Waals surface area contributed by atoms with Crippen LogP contribution >= 0.6 is 0 Å². The zero-order chi connectivity index (χ0) is 10.8. The van der Waals surface area contributed by atoms with Crippen molar-refractivity contribution in [2.45, 2.75) is 6.92 Å². The van der Waals surface area contributed by atoms with Crippen molar-refractivity contribution in [2.24, 2.45) is 0 Å². The van der Waals surface area contributed by atoms with Crippen LogP contribution in [0.15, 0.2) is 18.3 Å². The monoisotopic (exact) mass is 215 g/mol. The number of hydrogen-bond donors (Lipinski definition) is 1. The second kappa shape index (κ2) is 3.83. The zero-order valence-electron chi connectivity index (χ0n) is 8.14. The second-order valence-electron chi connectivity index (χ2n) is 2.82. The molecular weight excluding hydrogens is 202 g/mol. The first kappa shape index (κ1) is 10.8. The van der Waals surface area contributed by atoms with E-state index in [1.54, 1.807) is 13.0 Å². The second-order valence-corrected chi connectivity index (χ2v) is 5.10. The normalized spacial score (nSPS) is 11.3. The number of rotatable bonds is 3. The summed E-state index contributed by atoms with van der Waals surface area (Å²) >= 11 is 0. The lowest BCUT2D eigenvalue weighted by molar-refractivity contribution is 0.595. The molecule has 0 aliphatic heterocycles. The van der Waals surface area contributed by atoms with Crippen molar-refractivity contribution in [1.82, 2.24) is 4.98 Å². The molecule has 0 radical (unpaired) electrons. The Morgan fingerprint density at radius 2 is 2.21 bits per heavy atom. The number of nitrogen functional groups attached to an aromatic ring is 1. The highest BCUT2D eigenvalue weighted by molar-refractivity contribution is 7.92. The van der Waals surface area contributed by atoms with Gasteiger partial charge < -0.3 is 5.73 Å². The third-order valence-corrected chi connectivity index (χ3v) is 3.63. The molecule has 1 rings (SSSR count). The van der Waals surface area contributed by atoms with Gasteiger partial charge in [0.1, 0.15) is 5.82 Å². The Morgan fingerprint density at radius 3 is 2.71 bits per heavy atom. The summed E-state index contributed by atoms with van der Waals surface area (Å²) in [6, 6.07) is 3.13. The van der Waals surface area contributed by atoms with Crippen LogP contribution in [-0.2, 0) is 10.0 Å². The maximum absolute atomic E-state index is 11.5. The summed E-state index contributed by atoms with van der Waals surface area (Å²) < 4.78 is 24.0. The van der Waals surface area contributed by atoms with Gasteiger partial charge in [0.2, 0.25) is 10.0 Å². The molecule has 0 bridgehead atoms. The third kappa shape index (κ3) is 2.14. The van der Waals surface area contributed by atoms with E-state index in [2.05, 4.69) is 4.98 Å². The number of pyridine rings is 1. The van der Waals surface area contributed by atoms with E-state index in [-0.39, 0.29) is 5.75 Å². The number of anilines is 2.